The van der Waals surface area contributed by atoms with Crippen molar-refractivity contribution in [3.8, 4) is 0 Å². The van der Waals surface area contributed by atoms with Crippen molar-refractivity contribution in [2.45, 2.75) is 50.6 Å². The van der Waals surface area contributed by atoms with Crippen molar-refractivity contribution >= 4 is 53.9 Å². The summed E-state index contributed by atoms with van der Waals surface area (Å²) in [6.07, 6.45) is 3.16. The Morgan fingerprint density at radius 2 is 1.97 bits per heavy atom. The fourth-order valence-electron chi connectivity index (χ4n) is 3.30. The molecule has 1 aromatic heterocycles. The maximum absolute atomic E-state index is 11.7. The number of methoxy groups -OCH3 is 1. The number of rotatable bonds is 12. The van der Waals surface area contributed by atoms with Crippen LogP contribution < -0.4 is 0 Å². The Morgan fingerprint density at radius 3 is 2.56 bits per heavy atom. The van der Waals surface area contributed by atoms with E-state index < -0.39 is 17.1 Å². The number of benzene rings is 1. The van der Waals surface area contributed by atoms with E-state index in [1.165, 1.54) is 11.0 Å². The highest BCUT2D eigenvalue weighted by atomic mass is 35.5. The second-order valence-electron chi connectivity index (χ2n) is 7.39. The Hall–Kier alpha value is -0.350. The van der Waals surface area contributed by atoms with Crippen LogP contribution in [-0.4, -0.2) is 56.6 Å². The van der Waals surface area contributed by atoms with Crippen LogP contribution in [0, 0.1) is 4.77 Å². The van der Waals surface area contributed by atoms with E-state index in [0.717, 1.165) is 5.56 Å². The van der Waals surface area contributed by atoms with E-state index in [9.17, 15) is 5.11 Å². The summed E-state index contributed by atoms with van der Waals surface area (Å²) in [7, 11) is 1.58. The van der Waals surface area contributed by atoms with Crippen molar-refractivity contribution in [1.29, 1.82) is 0 Å². The van der Waals surface area contributed by atoms with Gasteiger partial charge in [0.15, 0.2) is 0 Å². The number of nitrogens with zero attached hydrogens (tertiary/aromatic N) is 3. The molecule has 3 rings (SSSR count). The molecule has 1 aromatic carbocycles. The van der Waals surface area contributed by atoms with Gasteiger partial charge in [0, 0.05) is 18.6 Å². The summed E-state index contributed by atoms with van der Waals surface area (Å²) in [4.78, 5) is -0.764. The van der Waals surface area contributed by atoms with Crippen molar-refractivity contribution in [2.75, 3.05) is 26.9 Å². The minimum atomic E-state index is -2.94. The number of hydrogen-bond donors (Lipinski definition) is 1. The summed E-state index contributed by atoms with van der Waals surface area (Å²) in [6.45, 7) is -0.0114. The Bertz CT molecular complexity index is 1010. The van der Waals surface area contributed by atoms with E-state index in [0.29, 0.717) is 35.8 Å². The number of aromatic nitrogens is 3. The van der Waals surface area contributed by atoms with Crippen LogP contribution in [0.1, 0.15) is 32.8 Å². The lowest BCUT2D eigenvalue weighted by Gasteiger charge is -2.33. The summed E-state index contributed by atoms with van der Waals surface area (Å²) in [5.41, 5.74) is -0.492. The molecule has 2 unspecified atom stereocenters. The first-order valence-electron chi connectivity index (χ1n) is 9.86. The summed E-state index contributed by atoms with van der Waals surface area (Å²) in [6, 6.07) is 7.40. The summed E-state index contributed by atoms with van der Waals surface area (Å²) >= 11 is 24.4. The Balaban J connectivity index is 0.00000363. The Kier molecular flexibility index (Phi) is 9.92. The molecular weight excluding hydrogens is 512 g/mol. The quantitative estimate of drug-likeness (QED) is 0.171. The lowest BCUT2D eigenvalue weighted by atomic mass is 9.89. The molecular formula is C20H30Cl2N3O4PS2. The van der Waals surface area contributed by atoms with Crippen LogP contribution in [-0.2, 0) is 38.6 Å². The van der Waals surface area contributed by atoms with E-state index in [4.69, 9.17) is 61.0 Å². The van der Waals surface area contributed by atoms with E-state index in [1.807, 2.05) is 25.1 Å². The van der Waals surface area contributed by atoms with Crippen LogP contribution in [0.15, 0.2) is 30.6 Å². The molecule has 1 heterocycles. The van der Waals surface area contributed by atoms with E-state index >= 15 is 0 Å². The standard InChI is InChI=1S/C19H26Cl2N3O4PS2.CH4/c1-3-27-29(31,28-11-10-26-2)24-14-22-23(17(24)30)13-19(25,18(21)8-9-18)12-15-6-4-5-7-16(15)20;/h4-7,14,25H,3,8-13H2,1-2H3;1H4. The van der Waals surface area contributed by atoms with Gasteiger partial charge in [0.1, 0.15) is 11.9 Å². The second-order valence-corrected chi connectivity index (χ2v) is 12.2. The largest absolute Gasteiger partial charge is 0.386 e. The lowest BCUT2D eigenvalue weighted by molar-refractivity contribution is 0.00722. The van der Waals surface area contributed by atoms with Crippen molar-refractivity contribution in [2.24, 2.45) is 0 Å². The molecule has 0 saturated heterocycles. The van der Waals surface area contributed by atoms with Gasteiger partial charge in [-0.3, -0.25) is 0 Å². The van der Waals surface area contributed by atoms with Gasteiger partial charge in [-0.05, 0) is 55.4 Å². The smallest absolute Gasteiger partial charge is 0.297 e. The normalized spacial score (nSPS) is 18.4. The fraction of sp³-hybridized carbons (Fsp3) is 0.600. The van der Waals surface area contributed by atoms with E-state index in [1.54, 1.807) is 17.5 Å². The number of halogens is 2. The monoisotopic (exact) mass is 541 g/mol. The highest BCUT2D eigenvalue weighted by Gasteiger charge is 2.58. The molecule has 1 aliphatic rings. The summed E-state index contributed by atoms with van der Waals surface area (Å²) < 4.78 is 20.0. The third kappa shape index (κ3) is 6.01. The van der Waals surface area contributed by atoms with E-state index in [-0.39, 0.29) is 27.0 Å². The highest BCUT2D eigenvalue weighted by molar-refractivity contribution is 8.09. The minimum Gasteiger partial charge on any atom is -0.386 e. The molecule has 32 heavy (non-hydrogen) atoms. The average Bonchev–Trinajstić information content (AvgIpc) is 3.39. The van der Waals surface area contributed by atoms with Crippen molar-refractivity contribution in [3.63, 3.8) is 0 Å². The SMILES string of the molecule is C.CCOP(=S)(OCCOC)n1cnn(CC(O)(Cc2ccccc2Cl)C2(Cl)CC2)c1=S. The first-order valence-corrected chi connectivity index (χ1v) is 13.6. The molecule has 1 saturated carbocycles. The van der Waals surface area contributed by atoms with Crippen LogP contribution in [0.2, 0.25) is 5.02 Å². The van der Waals surface area contributed by atoms with Gasteiger partial charge < -0.3 is 18.9 Å². The zero-order chi connectivity index (χ0) is 22.7. The summed E-state index contributed by atoms with van der Waals surface area (Å²) in [5, 5.41) is 16.6. The van der Waals surface area contributed by atoms with Crippen molar-refractivity contribution in [3.05, 3.63) is 45.9 Å². The number of alkyl halides is 1. The second kappa shape index (κ2) is 11.4. The predicted octanol–water partition coefficient (Wildman–Crippen LogP) is 5.22. The molecule has 0 spiro atoms. The molecule has 1 aliphatic carbocycles. The maximum Gasteiger partial charge on any atom is 0.297 e. The molecule has 0 amide bonds. The van der Waals surface area contributed by atoms with Crippen LogP contribution >= 0.6 is 42.1 Å². The number of hydrogen-bond acceptors (Lipinski definition) is 7. The number of aliphatic hydroxyl groups is 1. The van der Waals surface area contributed by atoms with Gasteiger partial charge in [-0.1, -0.05) is 37.2 Å². The first kappa shape index (κ1) is 27.9. The van der Waals surface area contributed by atoms with Gasteiger partial charge in [0.25, 0.3) is 6.64 Å². The number of ether oxygens (including phenoxy) is 1. The zero-order valence-corrected chi connectivity index (χ0v) is 21.4. The topological polar surface area (TPSA) is 70.7 Å². The molecule has 2 aromatic rings. The third-order valence-corrected chi connectivity index (χ3v) is 9.91. The van der Waals surface area contributed by atoms with Gasteiger partial charge >= 0.3 is 0 Å². The molecule has 2 atom stereocenters. The molecule has 7 nitrogen and oxygen atoms in total. The molecule has 0 aliphatic heterocycles. The van der Waals surface area contributed by atoms with Crippen LogP contribution in [0.25, 0.3) is 0 Å². The highest BCUT2D eigenvalue weighted by Crippen LogP contribution is 2.54. The molecule has 12 heteroatoms. The first-order chi connectivity index (χ1) is 14.7. The zero-order valence-electron chi connectivity index (χ0n) is 17.4. The lowest BCUT2D eigenvalue weighted by Crippen LogP contribution is -2.47. The van der Waals surface area contributed by atoms with Crippen molar-refractivity contribution in [1.82, 2.24) is 14.1 Å². The molecule has 1 fully saturated rings. The van der Waals surface area contributed by atoms with Gasteiger partial charge in [0.2, 0.25) is 4.77 Å². The van der Waals surface area contributed by atoms with Crippen molar-refractivity contribution < 1.29 is 18.9 Å². The maximum atomic E-state index is 11.7. The summed E-state index contributed by atoms with van der Waals surface area (Å²) in [5.74, 6) is 0. The molecule has 180 valence electrons. The van der Waals surface area contributed by atoms with Gasteiger partial charge in [-0.25, -0.2) is 9.02 Å². The fourth-order valence-corrected chi connectivity index (χ4v) is 6.70. The molecule has 0 radical (unpaired) electrons. The predicted molar refractivity (Wildman–Crippen MR) is 135 cm³/mol. The average molecular weight is 542 g/mol. The van der Waals surface area contributed by atoms with Crippen LogP contribution in [0.3, 0.4) is 0 Å². The van der Waals surface area contributed by atoms with Gasteiger partial charge in [-0.2, -0.15) is 5.10 Å². The molecule has 0 bridgehead atoms. The molecule has 1 N–H and O–H groups in total. The van der Waals surface area contributed by atoms with Gasteiger partial charge in [0.05, 0.1) is 31.2 Å². The van der Waals surface area contributed by atoms with Crippen LogP contribution in [0.5, 0.6) is 0 Å². The minimum absolute atomic E-state index is 0. The van der Waals surface area contributed by atoms with Gasteiger partial charge in [-0.15, -0.1) is 11.6 Å². The van der Waals surface area contributed by atoms with Crippen LogP contribution in [0.4, 0.5) is 0 Å². The Morgan fingerprint density at radius 1 is 1.28 bits per heavy atom. The Labute approximate surface area is 209 Å². The third-order valence-electron chi connectivity index (χ3n) is 5.19. The van der Waals surface area contributed by atoms with E-state index in [2.05, 4.69) is 5.10 Å².